The lowest BCUT2D eigenvalue weighted by atomic mass is 10.1. The molecule has 120 valence electrons. The molecule has 2 atom stereocenters. The van der Waals surface area contributed by atoms with E-state index in [4.69, 9.17) is 33.7 Å². The topological polar surface area (TPSA) is 59.6 Å². The van der Waals surface area contributed by atoms with Crippen molar-refractivity contribution in [1.82, 2.24) is 5.32 Å². The van der Waals surface area contributed by atoms with Crippen LogP contribution >= 0.6 is 23.2 Å². The SMILES string of the molecule is CC(NC(N)=NC1COc2ccccc21)c1ccc(Cl)cc1Cl. The molecule has 2 unspecified atom stereocenters. The van der Waals surface area contributed by atoms with Crippen LogP contribution in [0, 0.1) is 0 Å². The summed E-state index contributed by atoms with van der Waals surface area (Å²) in [4.78, 5) is 4.52. The third-order valence-corrected chi connectivity index (χ3v) is 4.33. The number of nitrogens with two attached hydrogens (primary N) is 1. The van der Waals surface area contributed by atoms with E-state index < -0.39 is 0 Å². The molecular weight excluding hydrogens is 333 g/mol. The van der Waals surface area contributed by atoms with E-state index in [9.17, 15) is 0 Å². The summed E-state index contributed by atoms with van der Waals surface area (Å²) in [6.07, 6.45) is 0. The predicted molar refractivity (Wildman–Crippen MR) is 94.3 cm³/mol. The summed E-state index contributed by atoms with van der Waals surface area (Å²) in [5, 5.41) is 4.36. The first kappa shape index (κ1) is 16.0. The molecule has 3 rings (SSSR count). The van der Waals surface area contributed by atoms with E-state index in [1.54, 1.807) is 12.1 Å². The molecule has 0 saturated carbocycles. The molecule has 0 radical (unpaired) electrons. The highest BCUT2D eigenvalue weighted by Gasteiger charge is 2.23. The Kier molecular flexibility index (Phi) is 4.64. The number of fused-ring (bicyclic) bond motifs is 1. The maximum Gasteiger partial charge on any atom is 0.189 e. The maximum atomic E-state index is 6.22. The van der Waals surface area contributed by atoms with Crippen molar-refractivity contribution in [3.8, 4) is 5.75 Å². The standard InChI is InChI=1S/C17H17Cl2N3O/c1-10(12-7-6-11(18)8-14(12)19)21-17(20)22-15-9-23-16-5-3-2-4-13(15)16/h2-8,10,15H,9H2,1H3,(H3,20,21,22). The van der Waals surface area contributed by atoms with Crippen LogP contribution in [-0.4, -0.2) is 12.6 Å². The molecule has 2 aromatic rings. The zero-order valence-corrected chi connectivity index (χ0v) is 14.1. The van der Waals surface area contributed by atoms with E-state index in [1.807, 2.05) is 37.3 Å². The number of halogens is 2. The van der Waals surface area contributed by atoms with Crippen LogP contribution in [0.3, 0.4) is 0 Å². The normalized spacial score (nSPS) is 18.2. The number of rotatable bonds is 3. The smallest absolute Gasteiger partial charge is 0.189 e. The van der Waals surface area contributed by atoms with Gasteiger partial charge in [-0.2, -0.15) is 0 Å². The summed E-state index contributed by atoms with van der Waals surface area (Å²) in [7, 11) is 0. The van der Waals surface area contributed by atoms with Gasteiger partial charge in [-0.15, -0.1) is 0 Å². The highest BCUT2D eigenvalue weighted by atomic mass is 35.5. The largest absolute Gasteiger partial charge is 0.491 e. The van der Waals surface area contributed by atoms with Crippen molar-refractivity contribution in [2.45, 2.75) is 19.0 Å². The van der Waals surface area contributed by atoms with Crippen molar-refractivity contribution < 1.29 is 4.74 Å². The molecule has 0 fully saturated rings. The minimum atomic E-state index is -0.0911. The molecule has 0 aromatic heterocycles. The number of hydrogen-bond donors (Lipinski definition) is 2. The molecule has 0 saturated heterocycles. The van der Waals surface area contributed by atoms with Gasteiger partial charge in [-0.05, 0) is 30.7 Å². The van der Waals surface area contributed by atoms with Gasteiger partial charge < -0.3 is 15.8 Å². The van der Waals surface area contributed by atoms with Crippen LogP contribution < -0.4 is 15.8 Å². The summed E-state index contributed by atoms with van der Waals surface area (Å²) in [6, 6.07) is 13.1. The average molecular weight is 350 g/mol. The average Bonchev–Trinajstić information content (AvgIpc) is 2.90. The molecule has 23 heavy (non-hydrogen) atoms. The number of guanidine groups is 1. The lowest BCUT2D eigenvalue weighted by molar-refractivity contribution is 0.333. The molecule has 1 aliphatic rings. The second-order valence-corrected chi connectivity index (χ2v) is 6.25. The Balaban J connectivity index is 1.73. The van der Waals surface area contributed by atoms with Gasteiger partial charge in [0.2, 0.25) is 0 Å². The molecule has 0 aliphatic carbocycles. The van der Waals surface area contributed by atoms with Crippen LogP contribution in [0.4, 0.5) is 0 Å². The quantitative estimate of drug-likeness (QED) is 0.647. The Labute approximate surface area is 145 Å². The molecule has 0 spiro atoms. The van der Waals surface area contributed by atoms with Crippen molar-refractivity contribution in [3.05, 3.63) is 63.6 Å². The van der Waals surface area contributed by atoms with Gasteiger partial charge in [0, 0.05) is 15.6 Å². The van der Waals surface area contributed by atoms with Crippen molar-refractivity contribution >= 4 is 29.2 Å². The van der Waals surface area contributed by atoms with Gasteiger partial charge in [-0.25, -0.2) is 4.99 Å². The van der Waals surface area contributed by atoms with Crippen molar-refractivity contribution in [2.24, 2.45) is 10.7 Å². The second-order valence-electron chi connectivity index (χ2n) is 5.41. The summed E-state index contributed by atoms with van der Waals surface area (Å²) < 4.78 is 5.61. The van der Waals surface area contributed by atoms with Gasteiger partial charge in [-0.1, -0.05) is 47.5 Å². The Morgan fingerprint density at radius 3 is 2.87 bits per heavy atom. The molecule has 6 heteroatoms. The fraction of sp³-hybridized carbons (Fsp3) is 0.235. The maximum absolute atomic E-state index is 6.22. The van der Waals surface area contributed by atoms with Crippen LogP contribution in [0.5, 0.6) is 5.75 Å². The molecule has 0 bridgehead atoms. The Morgan fingerprint density at radius 1 is 1.30 bits per heavy atom. The van der Waals surface area contributed by atoms with Gasteiger partial charge in [0.1, 0.15) is 18.4 Å². The zero-order valence-electron chi connectivity index (χ0n) is 12.6. The summed E-state index contributed by atoms with van der Waals surface area (Å²) >= 11 is 12.1. The fourth-order valence-corrected chi connectivity index (χ4v) is 3.18. The van der Waals surface area contributed by atoms with E-state index in [0.717, 1.165) is 16.9 Å². The third-order valence-electron chi connectivity index (χ3n) is 3.76. The number of para-hydroxylation sites is 1. The van der Waals surface area contributed by atoms with Gasteiger partial charge in [0.25, 0.3) is 0 Å². The van der Waals surface area contributed by atoms with Crippen LogP contribution in [0.25, 0.3) is 0 Å². The van der Waals surface area contributed by atoms with Crippen molar-refractivity contribution in [3.63, 3.8) is 0 Å². The first-order valence-corrected chi connectivity index (χ1v) is 8.06. The third kappa shape index (κ3) is 3.54. The van der Waals surface area contributed by atoms with Crippen LogP contribution in [0.15, 0.2) is 47.5 Å². The lowest BCUT2D eigenvalue weighted by Crippen LogP contribution is -2.34. The molecule has 2 aromatic carbocycles. The number of benzene rings is 2. The minimum absolute atomic E-state index is 0.0823. The highest BCUT2D eigenvalue weighted by molar-refractivity contribution is 6.35. The molecule has 0 amide bonds. The fourth-order valence-electron chi connectivity index (χ4n) is 2.61. The van der Waals surface area contributed by atoms with Crippen LogP contribution in [-0.2, 0) is 0 Å². The van der Waals surface area contributed by atoms with E-state index in [0.29, 0.717) is 22.6 Å². The Morgan fingerprint density at radius 2 is 2.09 bits per heavy atom. The summed E-state index contributed by atoms with van der Waals surface area (Å²) in [5.41, 5.74) is 8.01. The van der Waals surface area contributed by atoms with Gasteiger partial charge in [-0.3, -0.25) is 0 Å². The Hall–Kier alpha value is -1.91. The van der Waals surface area contributed by atoms with E-state index in [2.05, 4.69) is 10.3 Å². The number of nitrogens with zero attached hydrogens (tertiary/aromatic N) is 1. The van der Waals surface area contributed by atoms with Crippen LogP contribution in [0.1, 0.15) is 30.1 Å². The van der Waals surface area contributed by atoms with Gasteiger partial charge >= 0.3 is 0 Å². The first-order valence-electron chi connectivity index (χ1n) is 7.31. The number of ether oxygens (including phenoxy) is 1. The van der Waals surface area contributed by atoms with Crippen LogP contribution in [0.2, 0.25) is 10.0 Å². The summed E-state index contributed by atoms with van der Waals surface area (Å²) in [5.74, 6) is 1.22. The second kappa shape index (κ2) is 6.69. The zero-order chi connectivity index (χ0) is 16.4. The minimum Gasteiger partial charge on any atom is -0.491 e. The van der Waals surface area contributed by atoms with E-state index in [-0.39, 0.29) is 12.1 Å². The number of hydrogen-bond acceptors (Lipinski definition) is 2. The Bertz CT molecular complexity index is 748. The summed E-state index contributed by atoms with van der Waals surface area (Å²) in [6.45, 7) is 2.47. The van der Waals surface area contributed by atoms with Gasteiger partial charge in [0.15, 0.2) is 5.96 Å². The molecule has 4 nitrogen and oxygen atoms in total. The monoisotopic (exact) mass is 349 g/mol. The van der Waals surface area contributed by atoms with Gasteiger partial charge in [0.05, 0.1) is 6.04 Å². The van der Waals surface area contributed by atoms with E-state index >= 15 is 0 Å². The lowest BCUT2D eigenvalue weighted by Gasteiger charge is -2.17. The number of nitrogens with one attached hydrogen (secondary N) is 1. The predicted octanol–water partition coefficient (Wildman–Crippen LogP) is 4.09. The molecule has 1 aliphatic heterocycles. The van der Waals surface area contributed by atoms with Crippen molar-refractivity contribution in [2.75, 3.05) is 6.61 Å². The molecule has 3 N–H and O–H groups in total. The first-order chi connectivity index (χ1) is 11.0. The highest BCUT2D eigenvalue weighted by Crippen LogP contribution is 2.34. The number of aliphatic imine (C=N–C) groups is 1. The molecule has 1 heterocycles. The van der Waals surface area contributed by atoms with E-state index in [1.165, 1.54) is 0 Å². The molecular formula is C17H17Cl2N3O. The van der Waals surface area contributed by atoms with Crippen molar-refractivity contribution in [1.29, 1.82) is 0 Å².